The topological polar surface area (TPSA) is 63.5 Å². The summed E-state index contributed by atoms with van der Waals surface area (Å²) in [6.07, 6.45) is 0.259. The zero-order chi connectivity index (χ0) is 21.1. The second-order valence-corrected chi connectivity index (χ2v) is 7.60. The van der Waals surface area contributed by atoms with Crippen LogP contribution < -0.4 is 24.2 Å². The molecular weight excluding hydrogens is 382 g/mol. The Balaban J connectivity index is 1.41. The van der Waals surface area contributed by atoms with Crippen LogP contribution in [0.5, 0.6) is 11.5 Å². The molecule has 2 saturated heterocycles. The van der Waals surface area contributed by atoms with Gasteiger partial charge in [-0.3, -0.25) is 9.59 Å². The van der Waals surface area contributed by atoms with Crippen molar-refractivity contribution in [2.75, 3.05) is 49.7 Å². The van der Waals surface area contributed by atoms with Gasteiger partial charge in [0.05, 0.1) is 52.0 Å². The third-order valence-corrected chi connectivity index (χ3v) is 5.87. The van der Waals surface area contributed by atoms with E-state index in [-0.39, 0.29) is 24.3 Å². The smallest absolute Gasteiger partial charge is 0.292 e. The molecule has 2 fully saturated rings. The summed E-state index contributed by atoms with van der Waals surface area (Å²) in [5.74, 6) is 1.26. The second kappa shape index (κ2) is 8.75. The maximum absolute atomic E-state index is 13.1. The van der Waals surface area contributed by atoms with Gasteiger partial charge in [0.15, 0.2) is 6.04 Å². The molecule has 4 rings (SSSR count). The molecule has 2 aromatic carbocycles. The van der Waals surface area contributed by atoms with Crippen molar-refractivity contribution in [3.63, 3.8) is 0 Å². The van der Waals surface area contributed by atoms with Crippen LogP contribution in [-0.4, -0.2) is 57.8 Å². The van der Waals surface area contributed by atoms with Crippen LogP contribution in [0.1, 0.15) is 13.3 Å². The fourth-order valence-corrected chi connectivity index (χ4v) is 4.29. The normalized spacial score (nSPS) is 20.0. The minimum atomic E-state index is -0.314. The summed E-state index contributed by atoms with van der Waals surface area (Å²) in [6, 6.07) is 14.9. The fraction of sp³-hybridized carbons (Fsp3) is 0.391. The summed E-state index contributed by atoms with van der Waals surface area (Å²) in [5, 5.41) is 0. The van der Waals surface area contributed by atoms with E-state index < -0.39 is 0 Å². The number of methoxy groups -OCH3 is 1. The maximum Gasteiger partial charge on any atom is 0.292 e. The van der Waals surface area contributed by atoms with E-state index in [4.69, 9.17) is 9.47 Å². The summed E-state index contributed by atoms with van der Waals surface area (Å²) in [4.78, 5) is 30.6. The van der Waals surface area contributed by atoms with Crippen molar-refractivity contribution < 1.29 is 24.0 Å². The minimum Gasteiger partial charge on any atom is -0.497 e. The lowest BCUT2D eigenvalue weighted by atomic mass is 10.1. The number of carbonyl (C=O) groups excluding carboxylic acids is 2. The number of carbonyl (C=O) groups is 2. The Kier molecular flexibility index (Phi) is 5.90. The molecule has 0 radical (unpaired) electrons. The van der Waals surface area contributed by atoms with Gasteiger partial charge in [-0.05, 0) is 43.3 Å². The molecule has 1 N–H and O–H groups in total. The van der Waals surface area contributed by atoms with Gasteiger partial charge in [-0.25, -0.2) is 4.90 Å². The molecular formula is C23H28N3O4+. The number of rotatable bonds is 6. The van der Waals surface area contributed by atoms with E-state index >= 15 is 0 Å². The van der Waals surface area contributed by atoms with Crippen LogP contribution in [0.3, 0.4) is 0 Å². The number of nitrogens with one attached hydrogen (secondary N) is 1. The second-order valence-electron chi connectivity index (χ2n) is 7.60. The van der Waals surface area contributed by atoms with E-state index in [1.54, 1.807) is 19.2 Å². The van der Waals surface area contributed by atoms with Crippen molar-refractivity contribution in [3.05, 3.63) is 48.5 Å². The third-order valence-electron chi connectivity index (χ3n) is 5.87. The zero-order valence-corrected chi connectivity index (χ0v) is 17.5. The monoisotopic (exact) mass is 410 g/mol. The first-order valence-corrected chi connectivity index (χ1v) is 10.4. The summed E-state index contributed by atoms with van der Waals surface area (Å²) in [6.45, 7) is 5.78. The van der Waals surface area contributed by atoms with Crippen LogP contribution in [0.4, 0.5) is 11.4 Å². The first kappa shape index (κ1) is 20.2. The Labute approximate surface area is 176 Å². The highest BCUT2D eigenvalue weighted by atomic mass is 16.5. The molecule has 2 heterocycles. The first-order valence-electron chi connectivity index (χ1n) is 10.4. The lowest BCUT2D eigenvalue weighted by Gasteiger charge is -2.35. The van der Waals surface area contributed by atoms with Crippen molar-refractivity contribution in [1.82, 2.24) is 0 Å². The number of hydrogen-bond donors (Lipinski definition) is 1. The lowest BCUT2D eigenvalue weighted by Crippen LogP contribution is -3.19. The Morgan fingerprint density at radius 2 is 1.73 bits per heavy atom. The lowest BCUT2D eigenvalue weighted by molar-refractivity contribution is -0.915. The van der Waals surface area contributed by atoms with Gasteiger partial charge < -0.3 is 19.3 Å². The van der Waals surface area contributed by atoms with Gasteiger partial charge >= 0.3 is 0 Å². The van der Waals surface area contributed by atoms with Crippen LogP contribution >= 0.6 is 0 Å². The molecule has 30 heavy (non-hydrogen) atoms. The van der Waals surface area contributed by atoms with Crippen LogP contribution in [0.25, 0.3) is 0 Å². The number of amides is 2. The van der Waals surface area contributed by atoms with Crippen molar-refractivity contribution in [1.29, 1.82) is 0 Å². The zero-order valence-electron chi connectivity index (χ0n) is 17.5. The van der Waals surface area contributed by atoms with E-state index in [9.17, 15) is 9.59 Å². The van der Waals surface area contributed by atoms with E-state index in [1.807, 2.05) is 31.2 Å². The Morgan fingerprint density at radius 3 is 2.40 bits per heavy atom. The molecule has 2 aliphatic rings. The van der Waals surface area contributed by atoms with E-state index in [0.717, 1.165) is 37.6 Å². The van der Waals surface area contributed by atoms with Crippen molar-refractivity contribution in [2.24, 2.45) is 0 Å². The highest BCUT2D eigenvalue weighted by molar-refractivity contribution is 6.21. The molecule has 0 unspecified atom stereocenters. The van der Waals surface area contributed by atoms with E-state index in [2.05, 4.69) is 17.0 Å². The molecule has 7 heteroatoms. The van der Waals surface area contributed by atoms with Crippen LogP contribution in [0.15, 0.2) is 48.5 Å². The van der Waals surface area contributed by atoms with Gasteiger partial charge in [0, 0.05) is 11.8 Å². The molecule has 0 aliphatic carbocycles. The van der Waals surface area contributed by atoms with Crippen LogP contribution in [-0.2, 0) is 9.59 Å². The number of anilines is 2. The van der Waals surface area contributed by atoms with E-state index in [0.29, 0.717) is 18.0 Å². The average Bonchev–Trinajstić information content (AvgIpc) is 3.08. The van der Waals surface area contributed by atoms with Gasteiger partial charge in [-0.1, -0.05) is 6.07 Å². The fourth-order valence-electron chi connectivity index (χ4n) is 4.29. The van der Waals surface area contributed by atoms with Gasteiger partial charge in [0.25, 0.3) is 5.91 Å². The first-order chi connectivity index (χ1) is 14.6. The highest BCUT2D eigenvalue weighted by Crippen LogP contribution is 2.26. The summed E-state index contributed by atoms with van der Waals surface area (Å²) in [7, 11) is 1.66. The molecule has 0 spiro atoms. The molecule has 1 atom stereocenters. The summed E-state index contributed by atoms with van der Waals surface area (Å²) in [5.41, 5.74) is 1.74. The van der Waals surface area contributed by atoms with Gasteiger partial charge in [-0.15, -0.1) is 0 Å². The quantitative estimate of drug-likeness (QED) is 0.724. The van der Waals surface area contributed by atoms with Gasteiger partial charge in [0.2, 0.25) is 5.91 Å². The molecule has 0 saturated carbocycles. The number of piperazine rings is 1. The van der Waals surface area contributed by atoms with E-state index in [1.165, 1.54) is 9.80 Å². The van der Waals surface area contributed by atoms with Gasteiger partial charge in [0.1, 0.15) is 11.5 Å². The molecule has 0 aromatic heterocycles. The Bertz CT molecular complexity index is 907. The number of quaternary nitrogens is 1. The Morgan fingerprint density at radius 1 is 1.00 bits per heavy atom. The Hall–Kier alpha value is -3.06. The number of nitrogens with zero attached hydrogens (tertiary/aromatic N) is 2. The highest BCUT2D eigenvalue weighted by Gasteiger charge is 2.46. The van der Waals surface area contributed by atoms with Crippen molar-refractivity contribution in [2.45, 2.75) is 19.4 Å². The third kappa shape index (κ3) is 3.98. The predicted octanol–water partition coefficient (Wildman–Crippen LogP) is 1.13. The largest absolute Gasteiger partial charge is 0.497 e. The van der Waals surface area contributed by atoms with Crippen molar-refractivity contribution >= 4 is 23.2 Å². The predicted molar refractivity (Wildman–Crippen MR) is 114 cm³/mol. The molecule has 2 amide bonds. The maximum atomic E-state index is 13.1. The molecule has 158 valence electrons. The summed E-state index contributed by atoms with van der Waals surface area (Å²) >= 11 is 0. The standard InChI is InChI=1S/C23H27N3O4/c1-3-30-20-6-4-5-18(15-20)26-22(27)16-21(23(26)28)25-13-11-24(12-14-25)17-7-9-19(29-2)10-8-17/h4-10,15,21H,3,11-14,16H2,1-2H3/p+1/t21-/m0/s1. The minimum absolute atomic E-state index is 0.110. The van der Waals surface area contributed by atoms with Crippen molar-refractivity contribution in [3.8, 4) is 11.5 Å². The number of benzene rings is 2. The number of hydrogen-bond acceptors (Lipinski definition) is 5. The molecule has 2 aromatic rings. The summed E-state index contributed by atoms with van der Waals surface area (Å²) < 4.78 is 10.7. The van der Waals surface area contributed by atoms with Crippen LogP contribution in [0, 0.1) is 0 Å². The van der Waals surface area contributed by atoms with Gasteiger partial charge in [-0.2, -0.15) is 0 Å². The SMILES string of the molecule is CCOc1cccc(N2C(=O)C[C@H]([NH+]3CCN(c4ccc(OC)cc4)CC3)C2=O)c1. The molecule has 2 aliphatic heterocycles. The number of ether oxygens (including phenoxy) is 2. The average molecular weight is 410 g/mol. The molecule has 0 bridgehead atoms. The van der Waals surface area contributed by atoms with Crippen LogP contribution in [0.2, 0.25) is 0 Å². The number of imide groups is 1. The molecule has 7 nitrogen and oxygen atoms in total.